The van der Waals surface area contributed by atoms with Crippen LogP contribution < -0.4 is 10.1 Å². The summed E-state index contributed by atoms with van der Waals surface area (Å²) in [5.74, 6) is 1.52. The number of rotatable bonds is 8. The maximum Gasteiger partial charge on any atom is 0.224 e. The molecule has 29 heavy (non-hydrogen) atoms. The van der Waals surface area contributed by atoms with Gasteiger partial charge in [0.05, 0.1) is 32.4 Å². The van der Waals surface area contributed by atoms with Crippen molar-refractivity contribution in [1.82, 2.24) is 25.2 Å². The lowest BCUT2D eigenvalue weighted by molar-refractivity contribution is -0.133. The molecule has 1 aromatic heterocycles. The number of hydrogen-bond acceptors (Lipinski definition) is 6. The second-order valence-corrected chi connectivity index (χ2v) is 7.88. The highest BCUT2D eigenvalue weighted by Gasteiger charge is 2.43. The van der Waals surface area contributed by atoms with Crippen LogP contribution in [0.4, 0.5) is 0 Å². The molecule has 3 fully saturated rings. The third-order valence-corrected chi connectivity index (χ3v) is 6.14. The molecule has 1 unspecified atom stereocenters. The molecule has 0 spiro atoms. The lowest BCUT2D eigenvalue weighted by Gasteiger charge is -2.49. The summed E-state index contributed by atoms with van der Waals surface area (Å²) in [6, 6.07) is 8.25. The van der Waals surface area contributed by atoms with Gasteiger partial charge in [-0.1, -0.05) is 5.21 Å². The molecule has 5 rings (SSSR count). The van der Waals surface area contributed by atoms with Gasteiger partial charge in [-0.25, -0.2) is 0 Å². The van der Waals surface area contributed by atoms with Crippen LogP contribution in [0.5, 0.6) is 5.75 Å². The van der Waals surface area contributed by atoms with E-state index in [0.717, 1.165) is 49.5 Å². The van der Waals surface area contributed by atoms with Crippen LogP contribution in [0.3, 0.4) is 0 Å². The predicted molar refractivity (Wildman–Crippen MR) is 108 cm³/mol. The van der Waals surface area contributed by atoms with E-state index in [1.54, 1.807) is 14.2 Å². The average Bonchev–Trinajstić information content (AvgIpc) is 3.23. The number of methoxy groups -OCH3 is 2. The van der Waals surface area contributed by atoms with Gasteiger partial charge in [-0.3, -0.25) is 14.4 Å². The highest BCUT2D eigenvalue weighted by Crippen LogP contribution is 2.37. The SMILES string of the molecule is COCCNC(=O)[C@H]1CN2CC[C@@H]1C[C@@H]2Cn1cc(-c2ccc(OC)cc2)nn1. The van der Waals surface area contributed by atoms with Crippen LogP contribution >= 0.6 is 0 Å². The van der Waals surface area contributed by atoms with Crippen LogP contribution in [-0.2, 0) is 16.1 Å². The first-order chi connectivity index (χ1) is 14.2. The summed E-state index contributed by atoms with van der Waals surface area (Å²) >= 11 is 0. The summed E-state index contributed by atoms with van der Waals surface area (Å²) in [6.07, 6.45) is 4.12. The van der Waals surface area contributed by atoms with E-state index in [0.29, 0.717) is 25.1 Å². The largest absolute Gasteiger partial charge is 0.497 e. The molecule has 0 radical (unpaired) electrons. The van der Waals surface area contributed by atoms with E-state index in [9.17, 15) is 4.79 Å². The van der Waals surface area contributed by atoms with Crippen molar-refractivity contribution >= 4 is 5.91 Å². The van der Waals surface area contributed by atoms with Crippen molar-refractivity contribution in [3.8, 4) is 17.0 Å². The predicted octanol–water partition coefficient (Wildman–Crippen LogP) is 1.43. The van der Waals surface area contributed by atoms with E-state index in [1.807, 2.05) is 35.1 Å². The van der Waals surface area contributed by atoms with Crippen molar-refractivity contribution in [3.05, 3.63) is 30.5 Å². The summed E-state index contributed by atoms with van der Waals surface area (Å²) < 4.78 is 12.2. The Balaban J connectivity index is 1.35. The molecular formula is C21H29N5O3. The number of carbonyl (C=O) groups excluding carboxylic acids is 1. The smallest absolute Gasteiger partial charge is 0.224 e. The summed E-state index contributed by atoms with van der Waals surface area (Å²) in [7, 11) is 3.31. The molecule has 2 aromatic rings. The summed E-state index contributed by atoms with van der Waals surface area (Å²) in [6.45, 7) is 3.82. The van der Waals surface area contributed by atoms with Crippen molar-refractivity contribution in [1.29, 1.82) is 0 Å². The van der Waals surface area contributed by atoms with E-state index < -0.39 is 0 Å². The molecule has 4 atom stereocenters. The van der Waals surface area contributed by atoms with Gasteiger partial charge in [-0.2, -0.15) is 0 Å². The second-order valence-electron chi connectivity index (χ2n) is 7.88. The number of aromatic nitrogens is 3. The molecule has 156 valence electrons. The van der Waals surface area contributed by atoms with Crippen LogP contribution in [0, 0.1) is 11.8 Å². The Morgan fingerprint density at radius 3 is 2.79 bits per heavy atom. The number of piperidine rings is 3. The number of benzene rings is 1. The molecule has 0 saturated carbocycles. The van der Waals surface area contributed by atoms with Gasteiger partial charge in [0.15, 0.2) is 0 Å². The number of ether oxygens (including phenoxy) is 2. The maximum atomic E-state index is 12.5. The molecule has 1 N–H and O–H groups in total. The quantitative estimate of drug-likeness (QED) is 0.677. The van der Waals surface area contributed by atoms with E-state index >= 15 is 0 Å². The van der Waals surface area contributed by atoms with Crippen molar-refractivity contribution in [2.24, 2.45) is 11.8 Å². The Morgan fingerprint density at radius 1 is 1.28 bits per heavy atom. The second kappa shape index (κ2) is 8.92. The molecule has 0 aliphatic carbocycles. The highest BCUT2D eigenvalue weighted by molar-refractivity contribution is 5.79. The van der Waals surface area contributed by atoms with Gasteiger partial charge in [-0.05, 0) is 49.6 Å². The van der Waals surface area contributed by atoms with Crippen LogP contribution in [0.15, 0.2) is 30.5 Å². The first-order valence-corrected chi connectivity index (χ1v) is 10.2. The van der Waals surface area contributed by atoms with Crippen molar-refractivity contribution in [2.75, 3.05) is 40.5 Å². The topological polar surface area (TPSA) is 81.5 Å². The standard InChI is InChI=1S/C21H29N5O3/c1-28-10-8-22-21(27)19-13-25-9-7-16(19)11-17(25)12-26-14-20(23-24-26)15-3-5-18(29-2)6-4-15/h3-6,14,16-17,19H,7-13H2,1-2H3,(H,22,27)/t16-,17-,19+/m1/s1. The third-order valence-electron chi connectivity index (χ3n) is 6.14. The first-order valence-electron chi connectivity index (χ1n) is 10.2. The average molecular weight is 399 g/mol. The molecule has 3 aliphatic rings. The van der Waals surface area contributed by atoms with Gasteiger partial charge in [0.2, 0.25) is 5.91 Å². The third kappa shape index (κ3) is 4.43. The molecule has 1 amide bonds. The Labute approximate surface area is 171 Å². The van der Waals surface area contributed by atoms with Crippen LogP contribution in [0.1, 0.15) is 12.8 Å². The van der Waals surface area contributed by atoms with E-state index in [2.05, 4.69) is 20.5 Å². The number of nitrogens with zero attached hydrogens (tertiary/aromatic N) is 4. The van der Waals surface area contributed by atoms with E-state index in [-0.39, 0.29) is 11.8 Å². The summed E-state index contributed by atoms with van der Waals surface area (Å²) in [4.78, 5) is 14.9. The Kier molecular flexibility index (Phi) is 6.10. The fourth-order valence-corrected chi connectivity index (χ4v) is 4.53. The molecule has 3 aliphatic heterocycles. The zero-order valence-corrected chi connectivity index (χ0v) is 17.1. The van der Waals surface area contributed by atoms with Gasteiger partial charge in [0.1, 0.15) is 11.4 Å². The van der Waals surface area contributed by atoms with Crippen molar-refractivity contribution < 1.29 is 14.3 Å². The molecule has 8 nitrogen and oxygen atoms in total. The van der Waals surface area contributed by atoms with Crippen molar-refractivity contribution in [2.45, 2.75) is 25.4 Å². The molecule has 8 heteroatoms. The van der Waals surface area contributed by atoms with Crippen LogP contribution in [0.2, 0.25) is 0 Å². The van der Waals surface area contributed by atoms with Gasteiger partial charge in [-0.15, -0.1) is 5.10 Å². The van der Waals surface area contributed by atoms with Gasteiger partial charge in [0.25, 0.3) is 0 Å². The number of fused-ring (bicyclic) bond motifs is 3. The number of hydrogen-bond donors (Lipinski definition) is 1. The molecule has 2 bridgehead atoms. The summed E-state index contributed by atoms with van der Waals surface area (Å²) in [5.41, 5.74) is 1.88. The number of carbonyl (C=O) groups is 1. The zero-order valence-electron chi connectivity index (χ0n) is 17.1. The first kappa shape index (κ1) is 19.8. The maximum absolute atomic E-state index is 12.5. The number of amides is 1. The monoisotopic (exact) mass is 399 g/mol. The van der Waals surface area contributed by atoms with Crippen molar-refractivity contribution in [3.63, 3.8) is 0 Å². The Bertz CT molecular complexity index is 822. The minimum Gasteiger partial charge on any atom is -0.497 e. The van der Waals surface area contributed by atoms with E-state index in [4.69, 9.17) is 9.47 Å². The molecule has 3 saturated heterocycles. The molecular weight excluding hydrogens is 370 g/mol. The van der Waals surface area contributed by atoms with Gasteiger partial charge < -0.3 is 14.8 Å². The minimum atomic E-state index is 0.0856. The lowest BCUT2D eigenvalue weighted by Crippen LogP contribution is -2.58. The Morgan fingerprint density at radius 2 is 2.10 bits per heavy atom. The van der Waals surface area contributed by atoms with Crippen LogP contribution in [-0.4, -0.2) is 72.3 Å². The van der Waals surface area contributed by atoms with Crippen LogP contribution in [0.25, 0.3) is 11.3 Å². The summed E-state index contributed by atoms with van der Waals surface area (Å²) in [5, 5.41) is 11.7. The van der Waals surface area contributed by atoms with Gasteiger partial charge >= 0.3 is 0 Å². The fraction of sp³-hybridized carbons (Fsp3) is 0.571. The minimum absolute atomic E-state index is 0.0856. The van der Waals surface area contributed by atoms with Gasteiger partial charge in [0, 0.05) is 31.8 Å². The molecule has 1 aromatic carbocycles. The highest BCUT2D eigenvalue weighted by atomic mass is 16.5. The zero-order chi connectivity index (χ0) is 20.2. The normalized spacial score (nSPS) is 25.7. The number of nitrogens with one attached hydrogen (secondary N) is 1. The Hall–Kier alpha value is -2.45. The molecule has 4 heterocycles. The van der Waals surface area contributed by atoms with E-state index in [1.165, 1.54) is 0 Å². The fourth-order valence-electron chi connectivity index (χ4n) is 4.53. The lowest BCUT2D eigenvalue weighted by atomic mass is 9.75.